The highest BCUT2D eigenvalue weighted by Gasteiger charge is 2.17. The highest BCUT2D eigenvalue weighted by Crippen LogP contribution is 2.12. The zero-order valence-electron chi connectivity index (χ0n) is 8.54. The van der Waals surface area contributed by atoms with Crippen molar-refractivity contribution in [1.29, 1.82) is 0 Å². The maximum absolute atomic E-state index is 5.61. The first-order chi connectivity index (χ1) is 6.95. The molecule has 82 valence electrons. The molecule has 0 bridgehead atoms. The summed E-state index contributed by atoms with van der Waals surface area (Å²) in [6, 6.07) is 0. The topological polar surface area (TPSA) is 39.7 Å². The Morgan fingerprint density at radius 1 is 1.29 bits per heavy atom. The van der Waals surface area contributed by atoms with Crippen LogP contribution in [0.15, 0.2) is 0 Å². The summed E-state index contributed by atoms with van der Waals surface area (Å²) in [6.07, 6.45) is 1.38. The Balaban J connectivity index is 1.52. The quantitative estimate of drug-likeness (QED) is 0.696. The van der Waals surface area contributed by atoms with Crippen molar-refractivity contribution in [2.75, 3.05) is 46.1 Å². The van der Waals surface area contributed by atoms with Gasteiger partial charge in [-0.25, -0.2) is 0 Å². The van der Waals surface area contributed by atoms with E-state index in [0.717, 1.165) is 45.9 Å². The molecule has 1 N–H and O–H groups in total. The minimum absolute atomic E-state index is 0.242. The molecular formula is C10H19NO3. The lowest BCUT2D eigenvalue weighted by Crippen LogP contribution is -2.41. The number of nitrogens with one attached hydrogen (secondary N) is 1. The van der Waals surface area contributed by atoms with Crippen LogP contribution in [0.1, 0.15) is 6.42 Å². The van der Waals surface area contributed by atoms with Gasteiger partial charge in [0.05, 0.1) is 32.5 Å². The molecule has 2 heterocycles. The third kappa shape index (κ3) is 3.20. The molecule has 4 heteroatoms. The second kappa shape index (κ2) is 5.66. The summed E-state index contributed by atoms with van der Waals surface area (Å²) in [6.45, 7) is 5.98. The highest BCUT2D eigenvalue weighted by molar-refractivity contribution is 4.67. The first kappa shape index (κ1) is 10.4. The van der Waals surface area contributed by atoms with Crippen LogP contribution in [0.2, 0.25) is 0 Å². The molecule has 2 atom stereocenters. The fourth-order valence-corrected chi connectivity index (χ4v) is 1.81. The maximum atomic E-state index is 5.61. The molecule has 0 aromatic heterocycles. The van der Waals surface area contributed by atoms with E-state index in [9.17, 15) is 0 Å². The Kier molecular flexibility index (Phi) is 4.19. The highest BCUT2D eigenvalue weighted by atomic mass is 16.5. The molecule has 2 rings (SSSR count). The molecular weight excluding hydrogens is 182 g/mol. The van der Waals surface area contributed by atoms with Crippen LogP contribution >= 0.6 is 0 Å². The summed E-state index contributed by atoms with van der Waals surface area (Å²) in [4.78, 5) is 0. The lowest BCUT2D eigenvalue weighted by molar-refractivity contribution is -0.0384. The predicted octanol–water partition coefficient (Wildman–Crippen LogP) is 0.0279. The van der Waals surface area contributed by atoms with E-state index in [-0.39, 0.29) is 6.10 Å². The van der Waals surface area contributed by atoms with Crippen molar-refractivity contribution in [2.24, 2.45) is 5.92 Å². The van der Waals surface area contributed by atoms with Gasteiger partial charge in [-0.1, -0.05) is 0 Å². The van der Waals surface area contributed by atoms with Gasteiger partial charge >= 0.3 is 0 Å². The Morgan fingerprint density at radius 3 is 3.00 bits per heavy atom. The second-order valence-corrected chi connectivity index (χ2v) is 3.96. The van der Waals surface area contributed by atoms with Gasteiger partial charge in [0.1, 0.15) is 0 Å². The molecule has 2 saturated heterocycles. The molecule has 14 heavy (non-hydrogen) atoms. The first-order valence-electron chi connectivity index (χ1n) is 5.43. The van der Waals surface area contributed by atoms with Gasteiger partial charge in [-0.2, -0.15) is 0 Å². The molecule has 0 amide bonds. The zero-order chi connectivity index (χ0) is 9.64. The van der Waals surface area contributed by atoms with E-state index in [2.05, 4.69) is 5.32 Å². The average Bonchev–Trinajstić information content (AvgIpc) is 2.72. The fraction of sp³-hybridized carbons (Fsp3) is 1.00. The lowest BCUT2D eigenvalue weighted by atomic mass is 10.1. The first-order valence-corrected chi connectivity index (χ1v) is 5.43. The van der Waals surface area contributed by atoms with Gasteiger partial charge in [-0.15, -0.1) is 0 Å². The van der Waals surface area contributed by atoms with Gasteiger partial charge in [-0.3, -0.25) is 0 Å². The largest absolute Gasteiger partial charge is 0.381 e. The molecule has 4 nitrogen and oxygen atoms in total. The van der Waals surface area contributed by atoms with Crippen molar-refractivity contribution in [3.05, 3.63) is 0 Å². The summed E-state index contributed by atoms with van der Waals surface area (Å²) in [5.41, 5.74) is 0. The summed E-state index contributed by atoms with van der Waals surface area (Å²) < 4.78 is 16.4. The van der Waals surface area contributed by atoms with Crippen molar-refractivity contribution >= 4 is 0 Å². The van der Waals surface area contributed by atoms with Crippen LogP contribution in [0.3, 0.4) is 0 Å². The van der Waals surface area contributed by atoms with Crippen LogP contribution in [0.5, 0.6) is 0 Å². The molecule has 2 fully saturated rings. The predicted molar refractivity (Wildman–Crippen MR) is 52.4 cm³/mol. The van der Waals surface area contributed by atoms with Crippen molar-refractivity contribution in [2.45, 2.75) is 12.5 Å². The van der Waals surface area contributed by atoms with Gasteiger partial charge in [-0.05, 0) is 6.42 Å². The molecule has 2 aliphatic heterocycles. The Bertz CT molecular complexity index is 153. The van der Waals surface area contributed by atoms with Crippen LogP contribution < -0.4 is 5.32 Å². The minimum Gasteiger partial charge on any atom is -0.381 e. The van der Waals surface area contributed by atoms with Crippen molar-refractivity contribution < 1.29 is 14.2 Å². The van der Waals surface area contributed by atoms with Gasteiger partial charge in [0.25, 0.3) is 0 Å². The minimum atomic E-state index is 0.242. The van der Waals surface area contributed by atoms with E-state index in [1.165, 1.54) is 0 Å². The van der Waals surface area contributed by atoms with Gasteiger partial charge in [0.15, 0.2) is 0 Å². The summed E-state index contributed by atoms with van der Waals surface area (Å²) in [5, 5.41) is 3.28. The van der Waals surface area contributed by atoms with Crippen molar-refractivity contribution in [3.63, 3.8) is 0 Å². The zero-order valence-corrected chi connectivity index (χ0v) is 8.54. The molecule has 0 aliphatic carbocycles. The molecule has 0 aromatic rings. The Morgan fingerprint density at radius 2 is 2.29 bits per heavy atom. The average molecular weight is 201 g/mol. The normalized spacial score (nSPS) is 33.4. The smallest absolute Gasteiger partial charge is 0.0933 e. The molecule has 0 spiro atoms. The number of hydrogen-bond donors (Lipinski definition) is 1. The van der Waals surface area contributed by atoms with Gasteiger partial charge in [0.2, 0.25) is 0 Å². The van der Waals surface area contributed by atoms with Crippen LogP contribution in [0.4, 0.5) is 0 Å². The molecule has 0 saturated carbocycles. The van der Waals surface area contributed by atoms with Gasteiger partial charge < -0.3 is 19.5 Å². The van der Waals surface area contributed by atoms with Gasteiger partial charge in [0, 0.05) is 25.6 Å². The van der Waals surface area contributed by atoms with Crippen LogP contribution in [-0.4, -0.2) is 52.2 Å². The molecule has 2 unspecified atom stereocenters. The Hall–Kier alpha value is -0.160. The number of morpholine rings is 1. The monoisotopic (exact) mass is 201 g/mol. The fourth-order valence-electron chi connectivity index (χ4n) is 1.81. The Labute approximate surface area is 84.9 Å². The van der Waals surface area contributed by atoms with E-state index in [4.69, 9.17) is 14.2 Å². The number of rotatable bonds is 4. The summed E-state index contributed by atoms with van der Waals surface area (Å²) in [5.74, 6) is 0.603. The van der Waals surface area contributed by atoms with E-state index >= 15 is 0 Å². The lowest BCUT2D eigenvalue weighted by Gasteiger charge is -2.23. The standard InChI is InChI=1S/C10H19NO3/c1-3-12-6-9(1)7-13-8-10-5-11-2-4-14-10/h9-11H,1-8H2. The number of hydrogen-bond acceptors (Lipinski definition) is 4. The second-order valence-electron chi connectivity index (χ2n) is 3.96. The van der Waals surface area contributed by atoms with Crippen molar-refractivity contribution in [3.8, 4) is 0 Å². The summed E-state index contributed by atoms with van der Waals surface area (Å²) >= 11 is 0. The van der Waals surface area contributed by atoms with E-state index < -0.39 is 0 Å². The third-order valence-electron chi connectivity index (χ3n) is 2.69. The van der Waals surface area contributed by atoms with E-state index in [1.54, 1.807) is 0 Å². The van der Waals surface area contributed by atoms with Crippen LogP contribution in [0, 0.1) is 5.92 Å². The van der Waals surface area contributed by atoms with Crippen molar-refractivity contribution in [1.82, 2.24) is 5.32 Å². The third-order valence-corrected chi connectivity index (χ3v) is 2.69. The molecule has 0 aromatic carbocycles. The maximum Gasteiger partial charge on any atom is 0.0933 e. The number of ether oxygens (including phenoxy) is 3. The van der Waals surface area contributed by atoms with Crippen LogP contribution in [-0.2, 0) is 14.2 Å². The SMILES string of the molecule is C1COC(COCC2CCOC2)CN1. The van der Waals surface area contributed by atoms with E-state index in [0.29, 0.717) is 12.5 Å². The summed E-state index contributed by atoms with van der Waals surface area (Å²) in [7, 11) is 0. The molecule has 2 aliphatic rings. The van der Waals surface area contributed by atoms with E-state index in [1.807, 2.05) is 0 Å². The van der Waals surface area contributed by atoms with Crippen LogP contribution in [0.25, 0.3) is 0 Å². The molecule has 0 radical (unpaired) electrons.